The van der Waals surface area contributed by atoms with E-state index >= 15 is 0 Å². The van der Waals surface area contributed by atoms with Crippen molar-refractivity contribution in [3.05, 3.63) is 35.4 Å². The first-order valence-electron chi connectivity index (χ1n) is 6.23. The second-order valence-corrected chi connectivity index (χ2v) is 4.26. The smallest absolute Gasteiger partial charge is 0.309 e. The minimum Gasteiger partial charge on any atom is -0.466 e. The van der Waals surface area contributed by atoms with Gasteiger partial charge < -0.3 is 15.2 Å². The number of aliphatic hydroxyl groups excluding tert-OH is 1. The van der Waals surface area contributed by atoms with Crippen LogP contribution in [-0.4, -0.2) is 24.2 Å². The highest BCUT2D eigenvalue weighted by Crippen LogP contribution is 2.05. The number of aliphatic hydroxyl groups is 1. The van der Waals surface area contributed by atoms with Gasteiger partial charge in [-0.1, -0.05) is 31.2 Å². The molecular weight excluding hydrogens is 230 g/mol. The van der Waals surface area contributed by atoms with Crippen LogP contribution in [0.2, 0.25) is 0 Å². The minimum atomic E-state index is -0.172. The first-order valence-corrected chi connectivity index (χ1v) is 6.23. The lowest BCUT2D eigenvalue weighted by atomic mass is 10.1. The zero-order valence-corrected chi connectivity index (χ0v) is 11.0. The molecule has 0 amide bonds. The fourth-order valence-electron chi connectivity index (χ4n) is 1.64. The van der Waals surface area contributed by atoms with Gasteiger partial charge in [0, 0.05) is 13.1 Å². The SMILES string of the molecule is CCOC(=O)C(C)CNCc1cccc(CO)c1. The largest absolute Gasteiger partial charge is 0.466 e. The van der Waals surface area contributed by atoms with Gasteiger partial charge in [-0.25, -0.2) is 0 Å². The second kappa shape index (κ2) is 7.84. The first kappa shape index (κ1) is 14.7. The molecule has 0 bridgehead atoms. The van der Waals surface area contributed by atoms with Gasteiger partial charge in [0.2, 0.25) is 0 Å². The summed E-state index contributed by atoms with van der Waals surface area (Å²) < 4.78 is 4.93. The Bertz CT molecular complexity index is 379. The fraction of sp³-hybridized carbons (Fsp3) is 0.500. The number of hydrogen-bond acceptors (Lipinski definition) is 4. The molecule has 0 saturated carbocycles. The van der Waals surface area contributed by atoms with Crippen LogP contribution in [0.4, 0.5) is 0 Å². The average Bonchev–Trinajstić information content (AvgIpc) is 2.39. The number of benzene rings is 1. The third-order valence-electron chi connectivity index (χ3n) is 2.64. The number of rotatable bonds is 7. The zero-order valence-electron chi connectivity index (χ0n) is 11.0. The Labute approximate surface area is 108 Å². The summed E-state index contributed by atoms with van der Waals surface area (Å²) in [5.74, 6) is -0.319. The van der Waals surface area contributed by atoms with Gasteiger partial charge in [-0.3, -0.25) is 4.79 Å². The molecule has 100 valence electrons. The third kappa shape index (κ3) is 4.85. The zero-order chi connectivity index (χ0) is 13.4. The normalized spacial score (nSPS) is 12.2. The van der Waals surface area contributed by atoms with Gasteiger partial charge in [-0.05, 0) is 18.1 Å². The minimum absolute atomic E-state index is 0.0487. The van der Waals surface area contributed by atoms with Crippen LogP contribution < -0.4 is 5.32 Å². The van der Waals surface area contributed by atoms with Crippen LogP contribution in [0.1, 0.15) is 25.0 Å². The summed E-state index contributed by atoms with van der Waals surface area (Å²) in [6.07, 6.45) is 0. The molecule has 1 aromatic rings. The van der Waals surface area contributed by atoms with Gasteiger partial charge in [0.1, 0.15) is 0 Å². The summed E-state index contributed by atoms with van der Waals surface area (Å²) >= 11 is 0. The van der Waals surface area contributed by atoms with E-state index in [1.54, 1.807) is 6.92 Å². The van der Waals surface area contributed by atoms with Crippen LogP contribution in [-0.2, 0) is 22.7 Å². The Morgan fingerprint density at radius 3 is 2.83 bits per heavy atom. The molecule has 1 unspecified atom stereocenters. The number of hydrogen-bond donors (Lipinski definition) is 2. The molecule has 0 radical (unpaired) electrons. The molecular formula is C14H21NO3. The molecule has 1 atom stereocenters. The lowest BCUT2D eigenvalue weighted by molar-refractivity contribution is -0.147. The quantitative estimate of drug-likeness (QED) is 0.720. The Balaban J connectivity index is 2.34. The molecule has 4 nitrogen and oxygen atoms in total. The highest BCUT2D eigenvalue weighted by molar-refractivity contribution is 5.72. The summed E-state index contributed by atoms with van der Waals surface area (Å²) in [4.78, 5) is 11.4. The van der Waals surface area contributed by atoms with Crippen molar-refractivity contribution < 1.29 is 14.6 Å². The molecule has 0 heterocycles. The molecule has 18 heavy (non-hydrogen) atoms. The monoisotopic (exact) mass is 251 g/mol. The predicted octanol–water partition coefficient (Wildman–Crippen LogP) is 1.47. The Kier molecular flexibility index (Phi) is 6.39. The maximum absolute atomic E-state index is 11.4. The summed E-state index contributed by atoms with van der Waals surface area (Å²) in [7, 11) is 0. The highest BCUT2D eigenvalue weighted by atomic mass is 16.5. The Hall–Kier alpha value is -1.39. The van der Waals surface area contributed by atoms with Gasteiger partial charge in [0.05, 0.1) is 19.1 Å². The van der Waals surface area contributed by atoms with Crippen LogP contribution in [0.3, 0.4) is 0 Å². The van der Waals surface area contributed by atoms with Crippen molar-refractivity contribution in [3.8, 4) is 0 Å². The van der Waals surface area contributed by atoms with Gasteiger partial charge in [-0.2, -0.15) is 0 Å². The summed E-state index contributed by atoms with van der Waals surface area (Å²) in [6, 6.07) is 7.73. The summed E-state index contributed by atoms with van der Waals surface area (Å²) in [5.41, 5.74) is 1.99. The van der Waals surface area contributed by atoms with Crippen molar-refractivity contribution in [3.63, 3.8) is 0 Å². The number of esters is 1. The van der Waals surface area contributed by atoms with E-state index in [1.807, 2.05) is 31.2 Å². The number of ether oxygens (including phenoxy) is 1. The van der Waals surface area contributed by atoms with Gasteiger partial charge in [0.15, 0.2) is 0 Å². The molecule has 4 heteroatoms. The molecule has 2 N–H and O–H groups in total. The fourth-order valence-corrected chi connectivity index (χ4v) is 1.64. The molecule has 0 fully saturated rings. The lowest BCUT2D eigenvalue weighted by Gasteiger charge is -2.11. The molecule has 0 spiro atoms. The maximum atomic E-state index is 11.4. The first-order chi connectivity index (χ1) is 8.67. The van der Waals surface area contributed by atoms with E-state index in [4.69, 9.17) is 9.84 Å². The van der Waals surface area contributed by atoms with Crippen molar-refractivity contribution in [2.24, 2.45) is 5.92 Å². The molecule has 0 aliphatic rings. The van der Waals surface area contributed by atoms with Crippen molar-refractivity contribution >= 4 is 5.97 Å². The van der Waals surface area contributed by atoms with Crippen LogP contribution >= 0.6 is 0 Å². The van der Waals surface area contributed by atoms with Gasteiger partial charge >= 0.3 is 5.97 Å². The molecule has 1 rings (SSSR count). The van der Waals surface area contributed by atoms with Crippen LogP contribution in [0.5, 0.6) is 0 Å². The van der Waals surface area contributed by atoms with E-state index in [9.17, 15) is 4.79 Å². The average molecular weight is 251 g/mol. The Morgan fingerprint density at radius 2 is 2.17 bits per heavy atom. The molecule has 0 aliphatic heterocycles. The van der Waals surface area contributed by atoms with E-state index in [2.05, 4.69) is 5.32 Å². The van der Waals surface area contributed by atoms with E-state index in [0.717, 1.165) is 11.1 Å². The predicted molar refractivity (Wildman–Crippen MR) is 69.9 cm³/mol. The summed E-state index contributed by atoms with van der Waals surface area (Å²) in [6.45, 7) is 5.38. The lowest BCUT2D eigenvalue weighted by Crippen LogP contribution is -2.27. The van der Waals surface area contributed by atoms with Crippen molar-refractivity contribution in [2.45, 2.75) is 27.0 Å². The molecule has 1 aromatic carbocycles. The number of carbonyl (C=O) groups excluding carboxylic acids is 1. The van der Waals surface area contributed by atoms with Crippen LogP contribution in [0.25, 0.3) is 0 Å². The Morgan fingerprint density at radius 1 is 1.44 bits per heavy atom. The standard InChI is InChI=1S/C14H21NO3/c1-3-18-14(17)11(2)8-15-9-12-5-4-6-13(7-12)10-16/h4-7,11,15-16H,3,8-10H2,1-2H3. The van der Waals surface area contributed by atoms with Crippen LogP contribution in [0, 0.1) is 5.92 Å². The number of nitrogens with one attached hydrogen (secondary N) is 1. The molecule has 0 aromatic heterocycles. The van der Waals surface area contributed by atoms with E-state index < -0.39 is 0 Å². The van der Waals surface area contributed by atoms with Crippen LogP contribution in [0.15, 0.2) is 24.3 Å². The van der Waals surface area contributed by atoms with Crippen molar-refractivity contribution in [2.75, 3.05) is 13.2 Å². The van der Waals surface area contributed by atoms with E-state index in [-0.39, 0.29) is 18.5 Å². The van der Waals surface area contributed by atoms with Crippen molar-refractivity contribution in [1.29, 1.82) is 0 Å². The highest BCUT2D eigenvalue weighted by Gasteiger charge is 2.12. The third-order valence-corrected chi connectivity index (χ3v) is 2.64. The molecule has 0 aliphatic carbocycles. The van der Waals surface area contributed by atoms with E-state index in [1.165, 1.54) is 0 Å². The van der Waals surface area contributed by atoms with Gasteiger partial charge in [-0.15, -0.1) is 0 Å². The topological polar surface area (TPSA) is 58.6 Å². The van der Waals surface area contributed by atoms with Gasteiger partial charge in [0.25, 0.3) is 0 Å². The van der Waals surface area contributed by atoms with Crippen molar-refractivity contribution in [1.82, 2.24) is 5.32 Å². The number of carbonyl (C=O) groups is 1. The molecule has 0 saturated heterocycles. The second-order valence-electron chi connectivity index (χ2n) is 4.26. The van der Waals surface area contributed by atoms with E-state index in [0.29, 0.717) is 19.7 Å². The summed E-state index contributed by atoms with van der Waals surface area (Å²) in [5, 5.41) is 12.2. The maximum Gasteiger partial charge on any atom is 0.309 e.